The van der Waals surface area contributed by atoms with Gasteiger partial charge in [0.15, 0.2) is 11.5 Å². The van der Waals surface area contributed by atoms with Crippen LogP contribution in [-0.2, 0) is 24.1 Å². The van der Waals surface area contributed by atoms with E-state index >= 15 is 0 Å². The Bertz CT molecular complexity index is 1660. The molecule has 1 saturated heterocycles. The molecule has 0 aliphatic carbocycles. The van der Waals surface area contributed by atoms with Crippen LogP contribution in [0.25, 0.3) is 11.2 Å². The fourth-order valence-corrected chi connectivity index (χ4v) is 6.26. The van der Waals surface area contributed by atoms with E-state index in [9.17, 15) is 18.0 Å². The van der Waals surface area contributed by atoms with Gasteiger partial charge in [0, 0.05) is 44.1 Å². The summed E-state index contributed by atoms with van der Waals surface area (Å²) >= 11 is 1.41. The SMILES string of the molecule is Cc1cn2c(C3=CN(CC(=O)NCc4ccc(C(F)(F)F)cc4)NC3)cnc2c(Nc2cc(CN3CCCC(C)C3)ns2)n1. The van der Waals surface area contributed by atoms with Crippen LogP contribution in [0.4, 0.5) is 24.0 Å². The Morgan fingerprint density at radius 2 is 2.05 bits per heavy atom. The Balaban J connectivity index is 1.09. The zero-order valence-corrected chi connectivity index (χ0v) is 25.3. The van der Waals surface area contributed by atoms with Crippen molar-refractivity contribution in [2.75, 3.05) is 31.5 Å². The van der Waals surface area contributed by atoms with Gasteiger partial charge in [-0.1, -0.05) is 19.1 Å². The van der Waals surface area contributed by atoms with Crippen molar-refractivity contribution >= 4 is 39.5 Å². The number of hydrazine groups is 1. The standard InChI is InChI=1S/C30H34F3N9OS/c1-19-4-3-9-40(14-19)17-24-10-27(44-39-24)38-28-29-35-13-25(42(29)15-20(2)37-28)22-12-36-41(16-22)18-26(43)34-11-21-5-7-23(8-6-21)30(31,32)33/h5-8,10,13,15-16,19,36H,3-4,9,11-12,14,17-18H2,1-2H3,(H,34,43)(H,37,38). The molecule has 2 aliphatic heterocycles. The Morgan fingerprint density at radius 1 is 1.23 bits per heavy atom. The molecule has 1 atom stereocenters. The summed E-state index contributed by atoms with van der Waals surface area (Å²) in [6, 6.07) is 6.84. The van der Waals surface area contributed by atoms with Crippen LogP contribution < -0.4 is 16.1 Å². The fourth-order valence-electron chi connectivity index (χ4n) is 5.60. The summed E-state index contributed by atoms with van der Waals surface area (Å²) in [5, 5.41) is 8.77. The van der Waals surface area contributed by atoms with Crippen molar-refractivity contribution < 1.29 is 18.0 Å². The molecule has 14 heteroatoms. The number of carbonyl (C=O) groups excluding carboxylic acids is 1. The van der Waals surface area contributed by atoms with Crippen molar-refractivity contribution in [1.82, 2.24) is 39.4 Å². The maximum absolute atomic E-state index is 12.8. The number of aromatic nitrogens is 4. The number of anilines is 2. The molecule has 0 spiro atoms. The van der Waals surface area contributed by atoms with E-state index in [1.807, 2.05) is 23.7 Å². The summed E-state index contributed by atoms with van der Waals surface area (Å²) in [5.74, 6) is 1.09. The summed E-state index contributed by atoms with van der Waals surface area (Å²) in [5.41, 5.74) is 7.42. The molecule has 1 aromatic carbocycles. The largest absolute Gasteiger partial charge is 0.416 e. The number of benzene rings is 1. The van der Waals surface area contributed by atoms with Gasteiger partial charge in [0.1, 0.15) is 11.5 Å². The van der Waals surface area contributed by atoms with Gasteiger partial charge in [-0.15, -0.1) is 0 Å². The average molecular weight is 626 g/mol. The van der Waals surface area contributed by atoms with Gasteiger partial charge in [-0.05, 0) is 67.5 Å². The Kier molecular flexibility index (Phi) is 8.56. The third-order valence-corrected chi connectivity index (χ3v) is 8.48. The smallest absolute Gasteiger partial charge is 0.350 e. The molecule has 6 rings (SSSR count). The van der Waals surface area contributed by atoms with Crippen LogP contribution in [0.2, 0.25) is 0 Å². The minimum atomic E-state index is -4.39. The molecule has 10 nitrogen and oxygen atoms in total. The highest BCUT2D eigenvalue weighted by Gasteiger charge is 2.30. The van der Waals surface area contributed by atoms with Crippen LogP contribution in [0.3, 0.4) is 0 Å². The molecule has 0 radical (unpaired) electrons. The fraction of sp³-hybridized carbons (Fsp3) is 0.400. The van der Waals surface area contributed by atoms with E-state index in [1.165, 1.54) is 36.5 Å². The number of aryl methyl sites for hydroxylation is 1. The number of amides is 1. The zero-order chi connectivity index (χ0) is 30.8. The second-order valence-electron chi connectivity index (χ2n) is 11.4. The average Bonchev–Trinajstić information content (AvgIpc) is 3.72. The molecule has 1 unspecified atom stereocenters. The number of nitrogens with one attached hydrogen (secondary N) is 3. The molecule has 44 heavy (non-hydrogen) atoms. The number of piperidine rings is 1. The first kappa shape index (κ1) is 30.0. The summed E-state index contributed by atoms with van der Waals surface area (Å²) in [7, 11) is 0. The topological polar surface area (TPSA) is 103 Å². The molecule has 232 valence electrons. The number of likely N-dealkylation sites (tertiary alicyclic amines) is 1. The van der Waals surface area contributed by atoms with Gasteiger partial charge in [-0.2, -0.15) is 17.5 Å². The minimum absolute atomic E-state index is 0.0400. The first-order chi connectivity index (χ1) is 21.1. The van der Waals surface area contributed by atoms with Gasteiger partial charge in [0.25, 0.3) is 0 Å². The Morgan fingerprint density at radius 3 is 2.82 bits per heavy atom. The van der Waals surface area contributed by atoms with Gasteiger partial charge in [0.2, 0.25) is 5.91 Å². The molecule has 1 fully saturated rings. The van der Waals surface area contributed by atoms with Gasteiger partial charge in [-0.25, -0.2) is 15.4 Å². The molecule has 0 bridgehead atoms. The van der Waals surface area contributed by atoms with Crippen LogP contribution >= 0.6 is 11.5 Å². The number of rotatable bonds is 9. The van der Waals surface area contributed by atoms with Crippen molar-refractivity contribution in [1.29, 1.82) is 0 Å². The van der Waals surface area contributed by atoms with Crippen LogP contribution in [0.5, 0.6) is 0 Å². The third-order valence-electron chi connectivity index (χ3n) is 7.74. The Labute approximate surface area is 257 Å². The van der Waals surface area contributed by atoms with Crippen LogP contribution in [0, 0.1) is 12.8 Å². The second kappa shape index (κ2) is 12.5. The predicted octanol–water partition coefficient (Wildman–Crippen LogP) is 4.97. The number of hydrogen-bond acceptors (Lipinski definition) is 9. The number of alkyl halides is 3. The number of hydrogen-bond donors (Lipinski definition) is 3. The van der Waals surface area contributed by atoms with E-state index in [-0.39, 0.29) is 19.0 Å². The van der Waals surface area contributed by atoms with Crippen LogP contribution in [0.15, 0.2) is 48.9 Å². The van der Waals surface area contributed by atoms with E-state index in [1.54, 1.807) is 11.2 Å². The number of imidazole rings is 1. The van der Waals surface area contributed by atoms with Crippen LogP contribution in [0.1, 0.15) is 48.0 Å². The summed E-state index contributed by atoms with van der Waals surface area (Å²) in [4.78, 5) is 24.4. The number of halogens is 3. The first-order valence-electron chi connectivity index (χ1n) is 14.5. The summed E-state index contributed by atoms with van der Waals surface area (Å²) in [6.45, 7) is 7.96. The van der Waals surface area contributed by atoms with E-state index in [0.717, 1.165) is 65.3 Å². The van der Waals surface area contributed by atoms with Crippen molar-refractivity contribution in [3.05, 3.63) is 77.1 Å². The lowest BCUT2D eigenvalue weighted by Gasteiger charge is -2.30. The monoisotopic (exact) mass is 625 g/mol. The van der Waals surface area contributed by atoms with Crippen molar-refractivity contribution in [2.45, 2.75) is 46.0 Å². The summed E-state index contributed by atoms with van der Waals surface area (Å²) < 4.78 is 45.0. The van der Waals surface area contributed by atoms with Gasteiger partial charge in [0.05, 0.1) is 28.8 Å². The highest BCUT2D eigenvalue weighted by molar-refractivity contribution is 7.10. The van der Waals surface area contributed by atoms with E-state index in [0.29, 0.717) is 23.6 Å². The molecule has 4 aromatic rings. The molecular formula is C30H34F3N9OS. The number of nitrogens with zero attached hydrogens (tertiary/aromatic N) is 6. The molecule has 3 N–H and O–H groups in total. The molecule has 5 heterocycles. The minimum Gasteiger partial charge on any atom is -0.350 e. The molecule has 0 saturated carbocycles. The van der Waals surface area contributed by atoms with E-state index < -0.39 is 11.7 Å². The zero-order valence-electron chi connectivity index (χ0n) is 24.5. The van der Waals surface area contributed by atoms with E-state index in [2.05, 4.69) is 43.3 Å². The second-order valence-corrected chi connectivity index (χ2v) is 12.3. The molecule has 1 amide bonds. The third kappa shape index (κ3) is 7.03. The predicted molar refractivity (Wildman–Crippen MR) is 163 cm³/mol. The number of carbonyl (C=O) groups is 1. The number of fused-ring (bicyclic) bond motifs is 1. The molecule has 2 aliphatic rings. The first-order valence-corrected chi connectivity index (χ1v) is 15.3. The summed E-state index contributed by atoms with van der Waals surface area (Å²) in [6.07, 6.45) is 3.71. The van der Waals surface area contributed by atoms with Gasteiger partial charge in [-0.3, -0.25) is 14.1 Å². The normalized spacial score (nSPS) is 17.7. The van der Waals surface area contributed by atoms with Gasteiger partial charge >= 0.3 is 6.18 Å². The van der Waals surface area contributed by atoms with E-state index in [4.69, 9.17) is 4.98 Å². The molecule has 3 aromatic heterocycles. The van der Waals surface area contributed by atoms with Crippen molar-refractivity contribution in [3.8, 4) is 0 Å². The lowest BCUT2D eigenvalue weighted by Crippen LogP contribution is -2.39. The Hall–Kier alpha value is -4.01. The highest BCUT2D eigenvalue weighted by atomic mass is 32.1. The van der Waals surface area contributed by atoms with Crippen LogP contribution in [-0.4, -0.2) is 60.7 Å². The quantitative estimate of drug-likeness (QED) is 0.240. The molecular weight excluding hydrogens is 591 g/mol. The van der Waals surface area contributed by atoms with Gasteiger partial charge < -0.3 is 15.6 Å². The van der Waals surface area contributed by atoms with Crippen molar-refractivity contribution in [3.63, 3.8) is 0 Å². The maximum atomic E-state index is 12.8. The lowest BCUT2D eigenvalue weighted by molar-refractivity contribution is -0.137. The lowest BCUT2D eigenvalue weighted by atomic mass is 10.0. The van der Waals surface area contributed by atoms with Crippen molar-refractivity contribution in [2.24, 2.45) is 5.92 Å². The maximum Gasteiger partial charge on any atom is 0.416 e. The highest BCUT2D eigenvalue weighted by Crippen LogP contribution is 2.30.